The van der Waals surface area contributed by atoms with Gasteiger partial charge in [-0.2, -0.15) is 9.61 Å². The average molecular weight is 346 g/mol. The van der Waals surface area contributed by atoms with Crippen molar-refractivity contribution in [3.8, 4) is 11.3 Å². The molecule has 0 saturated heterocycles. The molecule has 4 rings (SSSR count). The summed E-state index contributed by atoms with van der Waals surface area (Å²) in [6.45, 7) is 4.37. The summed E-state index contributed by atoms with van der Waals surface area (Å²) in [6, 6.07) is 14.2. The highest BCUT2D eigenvalue weighted by molar-refractivity contribution is 5.66. The summed E-state index contributed by atoms with van der Waals surface area (Å²) in [5, 5.41) is 8.07. The summed E-state index contributed by atoms with van der Waals surface area (Å²) < 4.78 is 3.89. The summed E-state index contributed by atoms with van der Waals surface area (Å²) in [7, 11) is 2.02. The standard InChI is InChI=1S/C20H22N6/c1-14(2)19(20-21-11-12-25(20)3)24-18-13-16(15-7-5-4-6-8-15)23-17-9-10-22-26(17)18/h4-14,19,24H,1-3H3/t19-/m0/s1. The Hall–Kier alpha value is -3.15. The molecule has 0 aliphatic rings. The highest BCUT2D eigenvalue weighted by atomic mass is 15.3. The van der Waals surface area contributed by atoms with Gasteiger partial charge in [-0.3, -0.25) is 0 Å². The molecular formula is C20H22N6. The number of aromatic nitrogens is 5. The molecule has 3 aromatic heterocycles. The lowest BCUT2D eigenvalue weighted by Gasteiger charge is -2.23. The topological polar surface area (TPSA) is 60.0 Å². The number of hydrogen-bond acceptors (Lipinski definition) is 4. The van der Waals surface area contributed by atoms with Crippen LogP contribution in [0.1, 0.15) is 25.7 Å². The number of nitrogens with one attached hydrogen (secondary N) is 1. The van der Waals surface area contributed by atoms with Gasteiger partial charge in [0.25, 0.3) is 0 Å². The third kappa shape index (κ3) is 2.94. The molecule has 6 nitrogen and oxygen atoms in total. The average Bonchev–Trinajstić information content (AvgIpc) is 3.28. The van der Waals surface area contributed by atoms with Gasteiger partial charge in [-0.15, -0.1) is 0 Å². The third-order valence-corrected chi connectivity index (χ3v) is 4.54. The number of rotatable bonds is 5. The van der Waals surface area contributed by atoms with Gasteiger partial charge in [0.15, 0.2) is 5.65 Å². The van der Waals surface area contributed by atoms with Crippen LogP contribution < -0.4 is 5.32 Å². The fourth-order valence-electron chi connectivity index (χ4n) is 3.14. The van der Waals surface area contributed by atoms with Crippen molar-refractivity contribution >= 4 is 11.5 Å². The van der Waals surface area contributed by atoms with Crippen molar-refractivity contribution in [2.24, 2.45) is 13.0 Å². The zero-order chi connectivity index (χ0) is 18.1. The predicted octanol–water partition coefficient (Wildman–Crippen LogP) is 3.94. The Morgan fingerprint density at radius 2 is 1.85 bits per heavy atom. The molecule has 0 aliphatic heterocycles. The fraction of sp³-hybridized carbons (Fsp3) is 0.250. The molecule has 0 saturated carbocycles. The minimum Gasteiger partial charge on any atom is -0.360 e. The van der Waals surface area contributed by atoms with E-state index in [1.165, 1.54) is 0 Å². The van der Waals surface area contributed by atoms with Crippen molar-refractivity contribution in [2.75, 3.05) is 5.32 Å². The van der Waals surface area contributed by atoms with E-state index >= 15 is 0 Å². The van der Waals surface area contributed by atoms with Gasteiger partial charge in [0.05, 0.1) is 17.9 Å². The first-order chi connectivity index (χ1) is 12.6. The molecule has 26 heavy (non-hydrogen) atoms. The largest absolute Gasteiger partial charge is 0.360 e. The smallest absolute Gasteiger partial charge is 0.157 e. The van der Waals surface area contributed by atoms with Gasteiger partial charge >= 0.3 is 0 Å². The van der Waals surface area contributed by atoms with Crippen LogP contribution in [0.4, 0.5) is 5.82 Å². The van der Waals surface area contributed by atoms with Gasteiger partial charge in [-0.1, -0.05) is 44.2 Å². The van der Waals surface area contributed by atoms with Crippen molar-refractivity contribution in [1.82, 2.24) is 24.1 Å². The number of nitrogens with zero attached hydrogens (tertiary/aromatic N) is 5. The summed E-state index contributed by atoms with van der Waals surface area (Å²) in [4.78, 5) is 9.28. The predicted molar refractivity (Wildman–Crippen MR) is 103 cm³/mol. The van der Waals surface area contributed by atoms with Crippen LogP contribution >= 0.6 is 0 Å². The van der Waals surface area contributed by atoms with Crippen LogP contribution in [0.15, 0.2) is 61.1 Å². The van der Waals surface area contributed by atoms with Gasteiger partial charge in [-0.25, -0.2) is 9.97 Å². The molecule has 4 aromatic rings. The Morgan fingerprint density at radius 3 is 2.54 bits per heavy atom. The summed E-state index contributed by atoms with van der Waals surface area (Å²) in [5.41, 5.74) is 2.82. The lowest BCUT2D eigenvalue weighted by atomic mass is 10.0. The Balaban J connectivity index is 1.80. The zero-order valence-corrected chi connectivity index (χ0v) is 15.2. The van der Waals surface area contributed by atoms with Crippen LogP contribution in [0.5, 0.6) is 0 Å². The van der Waals surface area contributed by atoms with Gasteiger partial charge < -0.3 is 9.88 Å². The molecule has 0 unspecified atom stereocenters. The monoisotopic (exact) mass is 346 g/mol. The first-order valence-electron chi connectivity index (χ1n) is 8.77. The van der Waals surface area contributed by atoms with Crippen molar-refractivity contribution in [2.45, 2.75) is 19.9 Å². The van der Waals surface area contributed by atoms with Crippen LogP contribution in [-0.4, -0.2) is 24.1 Å². The summed E-state index contributed by atoms with van der Waals surface area (Å²) in [6.07, 6.45) is 5.57. The molecule has 0 bridgehead atoms. The van der Waals surface area contributed by atoms with E-state index < -0.39 is 0 Å². The van der Waals surface area contributed by atoms with Gasteiger partial charge in [0.2, 0.25) is 0 Å². The van der Waals surface area contributed by atoms with E-state index in [-0.39, 0.29) is 6.04 Å². The fourth-order valence-corrected chi connectivity index (χ4v) is 3.14. The first kappa shape index (κ1) is 16.3. The normalized spacial score (nSPS) is 12.6. The van der Waals surface area contributed by atoms with Crippen LogP contribution in [0.2, 0.25) is 0 Å². The second kappa shape index (κ2) is 6.63. The molecular weight excluding hydrogens is 324 g/mol. The Labute approximate surface area is 152 Å². The molecule has 1 atom stereocenters. The van der Waals surface area contributed by atoms with E-state index in [2.05, 4.69) is 45.9 Å². The molecule has 132 valence electrons. The number of hydrogen-bond donors (Lipinski definition) is 1. The third-order valence-electron chi connectivity index (χ3n) is 4.54. The van der Waals surface area contributed by atoms with Crippen LogP contribution in [-0.2, 0) is 7.05 Å². The summed E-state index contributed by atoms with van der Waals surface area (Å²) in [5.74, 6) is 2.26. The number of fused-ring (bicyclic) bond motifs is 1. The molecule has 0 amide bonds. The van der Waals surface area contributed by atoms with E-state index in [4.69, 9.17) is 4.98 Å². The maximum Gasteiger partial charge on any atom is 0.157 e. The molecule has 1 N–H and O–H groups in total. The van der Waals surface area contributed by atoms with E-state index in [0.29, 0.717) is 5.92 Å². The van der Waals surface area contributed by atoms with Crippen LogP contribution in [0, 0.1) is 5.92 Å². The lowest BCUT2D eigenvalue weighted by molar-refractivity contribution is 0.505. The minimum absolute atomic E-state index is 0.0634. The van der Waals surface area contributed by atoms with E-state index in [0.717, 1.165) is 28.5 Å². The molecule has 0 fully saturated rings. The van der Waals surface area contributed by atoms with Crippen molar-refractivity contribution in [3.05, 3.63) is 66.9 Å². The molecule has 0 radical (unpaired) electrons. The van der Waals surface area contributed by atoms with Gasteiger partial charge in [0, 0.05) is 37.1 Å². The second-order valence-corrected chi connectivity index (χ2v) is 6.76. The molecule has 1 aromatic carbocycles. The Kier molecular flexibility index (Phi) is 4.16. The number of imidazole rings is 1. The van der Waals surface area contributed by atoms with Crippen molar-refractivity contribution in [3.63, 3.8) is 0 Å². The number of aryl methyl sites for hydroxylation is 1. The minimum atomic E-state index is 0.0634. The lowest BCUT2D eigenvalue weighted by Crippen LogP contribution is -2.22. The highest BCUT2D eigenvalue weighted by Gasteiger charge is 2.21. The van der Waals surface area contributed by atoms with E-state index in [1.807, 2.05) is 54.3 Å². The first-order valence-corrected chi connectivity index (χ1v) is 8.77. The van der Waals surface area contributed by atoms with Crippen molar-refractivity contribution < 1.29 is 0 Å². The van der Waals surface area contributed by atoms with Crippen molar-refractivity contribution in [1.29, 1.82) is 0 Å². The molecule has 0 spiro atoms. The number of anilines is 1. The molecule has 6 heteroatoms. The highest BCUT2D eigenvalue weighted by Crippen LogP contribution is 2.28. The van der Waals surface area contributed by atoms with Crippen LogP contribution in [0.3, 0.4) is 0 Å². The Bertz CT molecular complexity index is 1020. The van der Waals surface area contributed by atoms with Gasteiger partial charge in [-0.05, 0) is 5.92 Å². The quantitative estimate of drug-likeness (QED) is 0.595. The zero-order valence-electron chi connectivity index (χ0n) is 15.2. The van der Waals surface area contributed by atoms with Crippen LogP contribution in [0.25, 0.3) is 16.9 Å². The maximum absolute atomic E-state index is 4.74. The van der Waals surface area contributed by atoms with Gasteiger partial charge in [0.1, 0.15) is 11.6 Å². The SMILES string of the molecule is CC(C)[C@H](Nc1cc(-c2ccccc2)nc2ccnn12)c1nccn1C. The van der Waals surface area contributed by atoms with E-state index in [9.17, 15) is 0 Å². The second-order valence-electron chi connectivity index (χ2n) is 6.76. The number of benzene rings is 1. The summed E-state index contributed by atoms with van der Waals surface area (Å²) >= 11 is 0. The maximum atomic E-state index is 4.74. The molecule has 3 heterocycles. The Morgan fingerprint density at radius 1 is 1.04 bits per heavy atom. The van der Waals surface area contributed by atoms with E-state index in [1.54, 1.807) is 6.20 Å². The molecule has 0 aliphatic carbocycles.